The summed E-state index contributed by atoms with van der Waals surface area (Å²) in [7, 11) is 0. The largest absolute Gasteiger partial charge is 0.508 e. The Labute approximate surface area is 196 Å². The Hall–Kier alpha value is -2.17. The van der Waals surface area contributed by atoms with Crippen LogP contribution in [0.5, 0.6) is 5.75 Å². The summed E-state index contributed by atoms with van der Waals surface area (Å²) in [4.78, 5) is 43.5. The molecule has 10 heteroatoms. The third-order valence-corrected chi connectivity index (χ3v) is 10.7. The van der Waals surface area contributed by atoms with E-state index in [1.54, 1.807) is 23.9 Å². The summed E-state index contributed by atoms with van der Waals surface area (Å²) in [5.41, 5.74) is 0.811. The van der Waals surface area contributed by atoms with E-state index in [-0.39, 0.29) is 46.5 Å². The second-order valence-electron chi connectivity index (χ2n) is 9.08. The maximum absolute atomic E-state index is 13.3. The number of thiazole rings is 1. The first-order valence-electron chi connectivity index (χ1n) is 10.6. The smallest absolute Gasteiger partial charge is 0.326 e. The van der Waals surface area contributed by atoms with E-state index in [0.29, 0.717) is 3.95 Å². The number of nitrogens with zero attached hydrogens (tertiary/aromatic N) is 1. The van der Waals surface area contributed by atoms with Gasteiger partial charge in [-0.3, -0.25) is 14.5 Å². The van der Waals surface area contributed by atoms with Gasteiger partial charge in [-0.1, -0.05) is 18.2 Å². The molecule has 3 fully saturated rings. The maximum Gasteiger partial charge on any atom is 0.326 e. The van der Waals surface area contributed by atoms with Crippen molar-refractivity contribution in [3.05, 3.63) is 38.7 Å². The third-order valence-electron chi connectivity index (χ3n) is 7.77. The lowest BCUT2D eigenvalue weighted by Crippen LogP contribution is -2.44. The highest BCUT2D eigenvalue weighted by Gasteiger charge is 2.70. The number of para-hydroxylation sites is 1. The number of H-pyrrole nitrogens is 1. The van der Waals surface area contributed by atoms with Gasteiger partial charge in [-0.15, -0.1) is 23.1 Å². The van der Waals surface area contributed by atoms with Crippen LogP contribution in [-0.4, -0.2) is 49.2 Å². The highest BCUT2D eigenvalue weighted by molar-refractivity contribution is 8.00. The molecule has 166 valence electrons. The molecule has 32 heavy (non-hydrogen) atoms. The maximum atomic E-state index is 13.3. The van der Waals surface area contributed by atoms with Crippen molar-refractivity contribution in [2.75, 3.05) is 0 Å². The number of aromatic amines is 1. The summed E-state index contributed by atoms with van der Waals surface area (Å²) in [6.07, 6.45) is 0.768. The monoisotopic (exact) mass is 488 g/mol. The number of rotatable bonds is 3. The van der Waals surface area contributed by atoms with Crippen LogP contribution in [-0.2, 0) is 14.4 Å². The van der Waals surface area contributed by atoms with Gasteiger partial charge in [0.15, 0.2) is 3.95 Å². The number of nitrogens with one attached hydrogen (secondary N) is 1. The summed E-state index contributed by atoms with van der Waals surface area (Å²) in [5.74, 6) is -2.72. The number of likely N-dealkylation sites (tertiary alicyclic amines) is 1. The van der Waals surface area contributed by atoms with Crippen molar-refractivity contribution < 1.29 is 24.6 Å². The molecule has 2 bridgehead atoms. The topological polar surface area (TPSA) is 111 Å². The normalized spacial score (nSPS) is 35.5. The molecular weight excluding hydrogens is 468 g/mol. The minimum Gasteiger partial charge on any atom is -0.508 e. The van der Waals surface area contributed by atoms with Crippen LogP contribution in [0.15, 0.2) is 29.3 Å². The second kappa shape index (κ2) is 6.91. The Balaban J connectivity index is 1.47. The van der Waals surface area contributed by atoms with E-state index >= 15 is 0 Å². The van der Waals surface area contributed by atoms with E-state index in [0.717, 1.165) is 26.8 Å². The summed E-state index contributed by atoms with van der Waals surface area (Å²) in [6.45, 7) is 1.39. The van der Waals surface area contributed by atoms with Gasteiger partial charge >= 0.3 is 5.97 Å². The molecule has 4 aliphatic rings. The number of aromatic nitrogens is 1. The fraction of sp³-hybridized carbons (Fsp3) is 0.455. The molecule has 2 amide bonds. The zero-order valence-electron chi connectivity index (χ0n) is 16.9. The Morgan fingerprint density at radius 1 is 1.22 bits per heavy atom. The molecule has 8 unspecified atom stereocenters. The van der Waals surface area contributed by atoms with Crippen LogP contribution in [0.25, 0.3) is 0 Å². The van der Waals surface area contributed by atoms with Crippen molar-refractivity contribution in [2.45, 2.75) is 35.6 Å². The van der Waals surface area contributed by atoms with E-state index in [1.807, 2.05) is 12.1 Å². The van der Waals surface area contributed by atoms with Gasteiger partial charge in [-0.05, 0) is 49.4 Å². The van der Waals surface area contributed by atoms with Crippen LogP contribution < -0.4 is 0 Å². The molecule has 8 atom stereocenters. The predicted molar refractivity (Wildman–Crippen MR) is 120 cm³/mol. The van der Waals surface area contributed by atoms with Gasteiger partial charge in [0, 0.05) is 21.6 Å². The third kappa shape index (κ3) is 2.54. The Kier molecular flexibility index (Phi) is 4.42. The Morgan fingerprint density at radius 2 is 1.91 bits per heavy atom. The molecular formula is C22H20N2O5S3. The first-order chi connectivity index (χ1) is 15.3. The Bertz CT molecular complexity index is 1240. The quantitative estimate of drug-likeness (QED) is 0.448. The van der Waals surface area contributed by atoms with Crippen molar-refractivity contribution in [2.24, 2.45) is 29.6 Å². The molecule has 0 spiro atoms. The first-order valence-corrected chi connectivity index (χ1v) is 12.7. The highest BCUT2D eigenvalue weighted by atomic mass is 32.2. The lowest BCUT2D eigenvalue weighted by atomic mass is 9.68. The minimum absolute atomic E-state index is 0.00850. The van der Waals surface area contributed by atoms with E-state index in [4.69, 9.17) is 12.2 Å². The van der Waals surface area contributed by atoms with Crippen molar-refractivity contribution in [1.29, 1.82) is 0 Å². The van der Waals surface area contributed by atoms with E-state index in [2.05, 4.69) is 4.98 Å². The number of phenolic OH excluding ortho intramolecular Hbond substituents is 1. The summed E-state index contributed by atoms with van der Waals surface area (Å²) in [5, 5.41) is 21.2. The zero-order valence-corrected chi connectivity index (χ0v) is 19.4. The molecule has 3 N–H and O–H groups in total. The van der Waals surface area contributed by atoms with Gasteiger partial charge in [0.1, 0.15) is 11.8 Å². The number of carboxylic acids is 1. The molecule has 2 saturated carbocycles. The van der Waals surface area contributed by atoms with Gasteiger partial charge in [0.25, 0.3) is 0 Å². The first kappa shape index (κ1) is 20.4. The number of benzene rings is 1. The lowest BCUT2D eigenvalue weighted by Gasteiger charge is -2.43. The van der Waals surface area contributed by atoms with E-state index < -0.39 is 23.8 Å². The van der Waals surface area contributed by atoms with Crippen LogP contribution in [0.3, 0.4) is 0 Å². The molecule has 1 aromatic heterocycles. The van der Waals surface area contributed by atoms with Crippen LogP contribution >= 0.6 is 35.3 Å². The number of carboxylic acid groups (broad SMARTS) is 1. The number of fused-ring (bicyclic) bond motifs is 9. The average molecular weight is 489 g/mol. The van der Waals surface area contributed by atoms with Crippen molar-refractivity contribution >= 4 is 53.1 Å². The highest BCUT2D eigenvalue weighted by Crippen LogP contribution is 2.69. The summed E-state index contributed by atoms with van der Waals surface area (Å²) < 4.78 is 0.670. The number of carbonyl (C=O) groups excluding carboxylic acids is 2. The lowest BCUT2D eigenvalue weighted by molar-refractivity contribution is -0.154. The number of phenols is 1. The van der Waals surface area contributed by atoms with Gasteiger partial charge in [-0.25, -0.2) is 4.79 Å². The number of amides is 2. The molecule has 2 aliphatic carbocycles. The average Bonchev–Trinajstić information content (AvgIpc) is 3.47. The standard InChI is InChI=1S/C22H20N2O5S3/c1-7(21(28)29)24-19(26)14-9-6-10(15(14)20(24)27)16-13(9)12(8-4-2-3-5-11(8)25)17-18(31-16)23-22(30)32-17/h2-5,7,9-10,12-16,25H,6H2,1H3,(H,23,30)(H,28,29). The van der Waals surface area contributed by atoms with Gasteiger partial charge in [0.05, 0.1) is 16.9 Å². The van der Waals surface area contributed by atoms with E-state index in [1.165, 1.54) is 18.3 Å². The molecule has 1 saturated heterocycles. The number of thioether (sulfide) groups is 1. The fourth-order valence-electron chi connectivity index (χ4n) is 6.63. The number of aromatic hydroxyl groups is 1. The number of aliphatic carboxylic acids is 1. The van der Waals surface area contributed by atoms with Crippen molar-refractivity contribution in [3.8, 4) is 5.75 Å². The van der Waals surface area contributed by atoms with Gasteiger partial charge < -0.3 is 15.2 Å². The van der Waals surface area contributed by atoms with Crippen LogP contribution in [0.2, 0.25) is 0 Å². The van der Waals surface area contributed by atoms with Crippen molar-refractivity contribution in [1.82, 2.24) is 9.88 Å². The van der Waals surface area contributed by atoms with Crippen molar-refractivity contribution in [3.63, 3.8) is 0 Å². The molecule has 6 rings (SSSR count). The summed E-state index contributed by atoms with van der Waals surface area (Å²) >= 11 is 8.62. The molecule has 7 nitrogen and oxygen atoms in total. The predicted octanol–water partition coefficient (Wildman–Crippen LogP) is 3.46. The fourth-order valence-corrected chi connectivity index (χ4v) is 9.96. The SMILES string of the molecule is CC(C(=O)O)N1C(=O)C2C3CC(C2C1=O)C1C(c2ccccc2O)c2sc(=S)[nH]c2SC31. The van der Waals surface area contributed by atoms with Crippen LogP contribution in [0.4, 0.5) is 0 Å². The Morgan fingerprint density at radius 3 is 2.59 bits per heavy atom. The summed E-state index contributed by atoms with van der Waals surface area (Å²) in [6, 6.07) is 6.11. The zero-order chi connectivity index (χ0) is 22.5. The number of hydrogen-bond acceptors (Lipinski definition) is 7. The van der Waals surface area contributed by atoms with Crippen LogP contribution in [0, 0.1) is 33.5 Å². The minimum atomic E-state index is -1.17. The number of hydrogen-bond donors (Lipinski definition) is 3. The van der Waals surface area contributed by atoms with E-state index in [9.17, 15) is 24.6 Å². The number of carbonyl (C=O) groups is 3. The number of imide groups is 1. The molecule has 2 aliphatic heterocycles. The molecule has 3 heterocycles. The molecule has 1 aromatic carbocycles. The molecule has 0 radical (unpaired) electrons. The van der Waals surface area contributed by atoms with Gasteiger partial charge in [-0.2, -0.15) is 0 Å². The molecule has 2 aromatic rings. The van der Waals surface area contributed by atoms with Gasteiger partial charge in [0.2, 0.25) is 11.8 Å². The second-order valence-corrected chi connectivity index (χ2v) is 12.0. The van der Waals surface area contributed by atoms with Crippen LogP contribution in [0.1, 0.15) is 29.7 Å².